The maximum atomic E-state index is 12.1. The Balaban J connectivity index is 1.99. The first-order valence-corrected chi connectivity index (χ1v) is 7.44. The van der Waals surface area contributed by atoms with Crippen molar-refractivity contribution in [2.24, 2.45) is 0 Å². The van der Waals surface area contributed by atoms with E-state index in [2.05, 4.69) is 10.1 Å². The number of rotatable bonds is 8. The number of Topliss-reactive ketones (excluding diaryl/α,β-unsaturated/α-hetero) is 1. The van der Waals surface area contributed by atoms with Crippen LogP contribution in [0, 0.1) is 10.1 Å². The molecule has 0 unspecified atom stereocenters. The molecule has 0 atom stereocenters. The molecule has 8 heteroatoms. The molecular formula is C17H16F2N2O4. The Labute approximate surface area is 142 Å². The number of carbonyl (C=O) groups is 1. The Kier molecular flexibility index (Phi) is 5.99. The molecule has 1 N–H and O–H groups in total. The molecule has 0 heterocycles. The van der Waals surface area contributed by atoms with Crippen LogP contribution in [0.1, 0.15) is 22.8 Å². The lowest BCUT2D eigenvalue weighted by molar-refractivity contribution is -0.384. The van der Waals surface area contributed by atoms with Crippen molar-refractivity contribution in [1.29, 1.82) is 0 Å². The lowest BCUT2D eigenvalue weighted by Crippen LogP contribution is -2.08. The molecule has 0 bridgehead atoms. The summed E-state index contributed by atoms with van der Waals surface area (Å²) in [4.78, 5) is 21.9. The van der Waals surface area contributed by atoms with Gasteiger partial charge in [0, 0.05) is 18.2 Å². The summed E-state index contributed by atoms with van der Waals surface area (Å²) in [6, 6.07) is 10.4. The van der Waals surface area contributed by atoms with Crippen LogP contribution in [0.4, 0.5) is 20.2 Å². The van der Waals surface area contributed by atoms with Crippen molar-refractivity contribution >= 4 is 17.2 Å². The van der Waals surface area contributed by atoms with Crippen LogP contribution in [0.25, 0.3) is 0 Å². The summed E-state index contributed by atoms with van der Waals surface area (Å²) in [6.07, 6.45) is 0.528. The number of hydrogen-bond donors (Lipinski definition) is 1. The molecule has 0 aliphatic heterocycles. The maximum Gasteiger partial charge on any atom is 0.387 e. The predicted molar refractivity (Wildman–Crippen MR) is 88.4 cm³/mol. The molecule has 2 aromatic carbocycles. The number of benzene rings is 2. The zero-order valence-corrected chi connectivity index (χ0v) is 13.4. The second-order valence-corrected chi connectivity index (χ2v) is 5.24. The Morgan fingerprint density at radius 1 is 1.24 bits per heavy atom. The van der Waals surface area contributed by atoms with Crippen molar-refractivity contribution < 1.29 is 23.2 Å². The molecular weight excluding hydrogens is 334 g/mol. The van der Waals surface area contributed by atoms with Gasteiger partial charge in [-0.15, -0.1) is 0 Å². The second kappa shape index (κ2) is 8.18. The fourth-order valence-corrected chi connectivity index (χ4v) is 2.23. The van der Waals surface area contributed by atoms with Gasteiger partial charge >= 0.3 is 6.61 Å². The van der Waals surface area contributed by atoms with E-state index in [4.69, 9.17) is 0 Å². The van der Waals surface area contributed by atoms with Gasteiger partial charge in [0.05, 0.1) is 4.92 Å². The smallest absolute Gasteiger partial charge is 0.387 e. The van der Waals surface area contributed by atoms with Crippen LogP contribution in [0.3, 0.4) is 0 Å². The number of nitro groups is 1. The van der Waals surface area contributed by atoms with E-state index >= 15 is 0 Å². The quantitative estimate of drug-likeness (QED) is 0.441. The molecule has 132 valence electrons. The van der Waals surface area contributed by atoms with Crippen molar-refractivity contribution in [2.45, 2.75) is 20.0 Å². The van der Waals surface area contributed by atoms with E-state index in [1.165, 1.54) is 37.3 Å². The summed E-state index contributed by atoms with van der Waals surface area (Å²) in [7, 11) is 0. The molecule has 0 saturated carbocycles. The highest BCUT2D eigenvalue weighted by molar-refractivity contribution is 5.95. The molecule has 0 aromatic heterocycles. The average molecular weight is 350 g/mol. The van der Waals surface area contributed by atoms with Gasteiger partial charge in [-0.1, -0.05) is 12.1 Å². The number of carbonyl (C=O) groups excluding carboxylic acids is 1. The van der Waals surface area contributed by atoms with Crippen LogP contribution in [-0.2, 0) is 6.42 Å². The largest absolute Gasteiger partial charge is 0.435 e. The first kappa shape index (κ1) is 18.3. The highest BCUT2D eigenvalue weighted by Crippen LogP contribution is 2.26. The number of halogens is 2. The predicted octanol–water partition coefficient (Wildman–Crippen LogP) is 4.05. The third-order valence-corrected chi connectivity index (χ3v) is 3.48. The summed E-state index contributed by atoms with van der Waals surface area (Å²) in [5, 5.41) is 14.1. The van der Waals surface area contributed by atoms with E-state index in [1.807, 2.05) is 0 Å². The van der Waals surface area contributed by atoms with Gasteiger partial charge < -0.3 is 10.1 Å². The monoisotopic (exact) mass is 350 g/mol. The number of nitro benzene ring substituents is 1. The number of hydrogen-bond acceptors (Lipinski definition) is 5. The maximum absolute atomic E-state index is 12.1. The molecule has 0 radical (unpaired) electrons. The summed E-state index contributed by atoms with van der Waals surface area (Å²) in [6.45, 7) is -1.13. The SMILES string of the molecule is CC(=O)c1ccc(NCCc2ccc(OC(F)F)cc2)c([N+](=O)[O-])c1. The lowest BCUT2D eigenvalue weighted by atomic mass is 10.1. The molecule has 0 saturated heterocycles. The van der Waals surface area contributed by atoms with E-state index < -0.39 is 11.5 Å². The van der Waals surface area contributed by atoms with Crippen molar-refractivity contribution in [2.75, 3.05) is 11.9 Å². The minimum atomic E-state index is -2.87. The van der Waals surface area contributed by atoms with Crippen LogP contribution in [-0.4, -0.2) is 23.9 Å². The number of nitrogens with zero attached hydrogens (tertiary/aromatic N) is 1. The Bertz CT molecular complexity index is 764. The van der Waals surface area contributed by atoms with Gasteiger partial charge in [-0.2, -0.15) is 8.78 Å². The minimum absolute atomic E-state index is 0.0715. The first-order valence-electron chi connectivity index (χ1n) is 7.44. The molecule has 25 heavy (non-hydrogen) atoms. The molecule has 0 aliphatic rings. The number of anilines is 1. The highest BCUT2D eigenvalue weighted by atomic mass is 19.3. The third-order valence-electron chi connectivity index (χ3n) is 3.48. The van der Waals surface area contributed by atoms with Crippen LogP contribution in [0.2, 0.25) is 0 Å². The zero-order valence-electron chi connectivity index (χ0n) is 13.4. The highest BCUT2D eigenvalue weighted by Gasteiger charge is 2.15. The minimum Gasteiger partial charge on any atom is -0.435 e. The van der Waals surface area contributed by atoms with Crippen molar-refractivity contribution in [3.63, 3.8) is 0 Å². The van der Waals surface area contributed by atoms with Crippen molar-refractivity contribution in [3.8, 4) is 5.75 Å². The van der Waals surface area contributed by atoms with Gasteiger partial charge in [0.2, 0.25) is 0 Å². The molecule has 2 rings (SSSR count). The fraction of sp³-hybridized carbons (Fsp3) is 0.235. The van der Waals surface area contributed by atoms with E-state index in [1.54, 1.807) is 12.1 Å². The Hall–Kier alpha value is -3.03. The van der Waals surface area contributed by atoms with Crippen LogP contribution in [0.15, 0.2) is 42.5 Å². The molecule has 0 aliphatic carbocycles. The summed E-state index contributed by atoms with van der Waals surface area (Å²) in [5.41, 5.74) is 1.27. The van der Waals surface area contributed by atoms with Gasteiger partial charge in [-0.3, -0.25) is 14.9 Å². The van der Waals surface area contributed by atoms with E-state index in [0.717, 1.165) is 5.56 Å². The first-order chi connectivity index (χ1) is 11.9. The number of alkyl halides is 2. The van der Waals surface area contributed by atoms with E-state index in [0.29, 0.717) is 18.7 Å². The van der Waals surface area contributed by atoms with Gasteiger partial charge in [-0.05, 0) is 43.2 Å². The summed E-state index contributed by atoms with van der Waals surface area (Å²) in [5.74, 6) is -0.178. The standard InChI is InChI=1S/C17H16F2N2O4/c1-11(22)13-4-7-15(16(10-13)21(23)24)20-9-8-12-2-5-14(6-3-12)25-17(18)19/h2-7,10,17,20H,8-9H2,1H3. The molecule has 6 nitrogen and oxygen atoms in total. The Morgan fingerprint density at radius 3 is 2.48 bits per heavy atom. The summed E-state index contributed by atoms with van der Waals surface area (Å²) < 4.78 is 28.4. The van der Waals surface area contributed by atoms with Gasteiger partial charge in [0.1, 0.15) is 11.4 Å². The molecule has 0 spiro atoms. The molecule has 2 aromatic rings. The lowest BCUT2D eigenvalue weighted by Gasteiger charge is -2.09. The topological polar surface area (TPSA) is 81.5 Å². The van der Waals surface area contributed by atoms with Gasteiger partial charge in [0.15, 0.2) is 5.78 Å². The Morgan fingerprint density at radius 2 is 1.92 bits per heavy atom. The average Bonchev–Trinajstić information content (AvgIpc) is 2.55. The number of ether oxygens (including phenoxy) is 1. The molecule has 0 fully saturated rings. The normalized spacial score (nSPS) is 10.6. The summed E-state index contributed by atoms with van der Waals surface area (Å²) >= 11 is 0. The van der Waals surface area contributed by atoms with Crippen molar-refractivity contribution in [1.82, 2.24) is 0 Å². The second-order valence-electron chi connectivity index (χ2n) is 5.24. The fourth-order valence-electron chi connectivity index (χ4n) is 2.23. The van der Waals surface area contributed by atoms with Crippen LogP contribution < -0.4 is 10.1 Å². The van der Waals surface area contributed by atoms with Crippen LogP contribution >= 0.6 is 0 Å². The number of nitrogens with one attached hydrogen (secondary N) is 1. The third kappa shape index (κ3) is 5.23. The number of ketones is 1. The zero-order chi connectivity index (χ0) is 18.4. The van der Waals surface area contributed by atoms with Crippen LogP contribution in [0.5, 0.6) is 5.75 Å². The van der Waals surface area contributed by atoms with Crippen molar-refractivity contribution in [3.05, 3.63) is 63.7 Å². The van der Waals surface area contributed by atoms with E-state index in [-0.39, 0.29) is 22.8 Å². The van der Waals surface area contributed by atoms with E-state index in [9.17, 15) is 23.7 Å². The van der Waals surface area contributed by atoms with Gasteiger partial charge in [0.25, 0.3) is 5.69 Å². The molecule has 0 amide bonds. The van der Waals surface area contributed by atoms with Gasteiger partial charge in [-0.25, -0.2) is 0 Å².